The van der Waals surface area contributed by atoms with Gasteiger partial charge in [-0.05, 0) is 64.9 Å². The number of aromatic hydroxyl groups is 1. The van der Waals surface area contributed by atoms with E-state index in [0.717, 1.165) is 23.3 Å². The number of carbonyl (C=O) groups excluding carboxylic acids is 3. The highest BCUT2D eigenvalue weighted by Gasteiger charge is 2.30. The number of alkyl halides is 3. The fourth-order valence-electron chi connectivity index (χ4n) is 5.39. The van der Waals surface area contributed by atoms with Crippen molar-refractivity contribution in [3.05, 3.63) is 82.9 Å². The Labute approximate surface area is 296 Å². The third-order valence-electron chi connectivity index (χ3n) is 8.28. The van der Waals surface area contributed by atoms with Gasteiger partial charge in [0.25, 0.3) is 5.91 Å². The van der Waals surface area contributed by atoms with E-state index >= 15 is 0 Å². The highest BCUT2D eigenvalue weighted by molar-refractivity contribution is 6.00. The molecule has 1 aliphatic heterocycles. The van der Waals surface area contributed by atoms with E-state index in [-0.39, 0.29) is 47.2 Å². The molecule has 3 aromatic carbocycles. The minimum atomic E-state index is -4.53. The summed E-state index contributed by atoms with van der Waals surface area (Å²) in [6.45, 7) is 15.0. The maximum absolute atomic E-state index is 12.9. The van der Waals surface area contributed by atoms with Crippen molar-refractivity contribution in [1.29, 1.82) is 0 Å². The quantitative estimate of drug-likeness (QED) is 0.130. The summed E-state index contributed by atoms with van der Waals surface area (Å²) in [7, 11) is 0. The smallest absolute Gasteiger partial charge is 0.416 e. The first-order valence-electron chi connectivity index (χ1n) is 16.6. The zero-order valence-electron chi connectivity index (χ0n) is 29.7. The summed E-state index contributed by atoms with van der Waals surface area (Å²) >= 11 is 0. The summed E-state index contributed by atoms with van der Waals surface area (Å²) in [5.74, 6) is -0.375. The lowest BCUT2D eigenvalue weighted by molar-refractivity contribution is -0.137. The standard InChI is InChI=1S/C37H46F3N7O4/c1-35(2,3)26-18-24(33(50)30(20-26)36(4,5)6)21-41-45-32(49)23-47-16-14-46(15-17-47)22-31(48)42-27-10-12-28(13-11-27)43-34(51)44-29-9-7-8-25(19-29)37(38,39)40/h7-13,18-21,50H,14-17,22-23H2,1-6H3,(H,42,48)(H,45,49)(H2,43,44,51)/b41-21+. The maximum Gasteiger partial charge on any atom is 0.416 e. The minimum Gasteiger partial charge on any atom is -0.507 e. The number of benzene rings is 3. The fraction of sp³-hybridized carbons (Fsp3) is 0.405. The van der Waals surface area contributed by atoms with Crippen molar-refractivity contribution in [3.8, 4) is 5.75 Å². The van der Waals surface area contributed by atoms with Crippen LogP contribution < -0.4 is 21.4 Å². The third kappa shape index (κ3) is 11.5. The topological polar surface area (TPSA) is 138 Å². The number of halogens is 3. The predicted molar refractivity (Wildman–Crippen MR) is 193 cm³/mol. The van der Waals surface area contributed by atoms with E-state index in [1.807, 2.05) is 42.7 Å². The lowest BCUT2D eigenvalue weighted by Gasteiger charge is -2.33. The van der Waals surface area contributed by atoms with Gasteiger partial charge in [0, 0.05) is 54.4 Å². The van der Waals surface area contributed by atoms with Gasteiger partial charge in [-0.15, -0.1) is 0 Å². The van der Waals surface area contributed by atoms with Crippen molar-refractivity contribution in [2.45, 2.75) is 58.5 Å². The molecule has 274 valence electrons. The van der Waals surface area contributed by atoms with Crippen LogP contribution in [0.15, 0.2) is 65.8 Å². The zero-order chi connectivity index (χ0) is 37.6. The van der Waals surface area contributed by atoms with E-state index in [9.17, 15) is 32.7 Å². The Morgan fingerprint density at radius 1 is 0.725 bits per heavy atom. The van der Waals surface area contributed by atoms with Gasteiger partial charge in [0.1, 0.15) is 5.75 Å². The van der Waals surface area contributed by atoms with Crippen LogP contribution >= 0.6 is 0 Å². The molecule has 0 bridgehead atoms. The molecule has 0 aliphatic carbocycles. The number of hydrazone groups is 1. The van der Waals surface area contributed by atoms with E-state index < -0.39 is 17.8 Å². The highest BCUT2D eigenvalue weighted by atomic mass is 19.4. The van der Waals surface area contributed by atoms with Crippen LogP contribution in [0.5, 0.6) is 5.75 Å². The number of nitrogens with one attached hydrogen (secondary N) is 4. The van der Waals surface area contributed by atoms with Gasteiger partial charge in [0.05, 0.1) is 24.9 Å². The molecule has 5 N–H and O–H groups in total. The number of urea groups is 1. The Morgan fingerprint density at radius 2 is 1.27 bits per heavy atom. The summed E-state index contributed by atoms with van der Waals surface area (Å²) in [6.07, 6.45) is -3.05. The number of carbonyl (C=O) groups is 3. The minimum absolute atomic E-state index is 0.00493. The molecule has 51 heavy (non-hydrogen) atoms. The second kappa shape index (κ2) is 15.9. The molecule has 0 radical (unpaired) electrons. The molecule has 4 amide bonds. The first-order valence-corrected chi connectivity index (χ1v) is 16.6. The number of nitrogens with zero attached hydrogens (tertiary/aromatic N) is 3. The molecule has 3 aromatic rings. The Kier molecular flexibility index (Phi) is 12.1. The van der Waals surface area contributed by atoms with Crippen LogP contribution in [0.2, 0.25) is 0 Å². The number of rotatable bonds is 9. The Morgan fingerprint density at radius 3 is 1.82 bits per heavy atom. The van der Waals surface area contributed by atoms with E-state index in [2.05, 4.69) is 47.2 Å². The first kappa shape index (κ1) is 38.8. The molecule has 1 aliphatic rings. The van der Waals surface area contributed by atoms with Gasteiger partial charge in [0.15, 0.2) is 0 Å². The zero-order valence-corrected chi connectivity index (χ0v) is 29.7. The van der Waals surface area contributed by atoms with Gasteiger partial charge in [-0.3, -0.25) is 19.4 Å². The number of amides is 4. The molecular formula is C37H46F3N7O4. The number of piperazine rings is 1. The summed E-state index contributed by atoms with van der Waals surface area (Å²) in [4.78, 5) is 41.6. The largest absolute Gasteiger partial charge is 0.507 e. The van der Waals surface area contributed by atoms with Crippen LogP contribution in [0.3, 0.4) is 0 Å². The first-order chi connectivity index (χ1) is 23.8. The number of hydrogen-bond acceptors (Lipinski definition) is 7. The van der Waals surface area contributed by atoms with Gasteiger partial charge in [-0.2, -0.15) is 18.3 Å². The van der Waals surface area contributed by atoms with Crippen molar-refractivity contribution < 1.29 is 32.7 Å². The second-order valence-electron chi connectivity index (χ2n) is 14.6. The average molecular weight is 710 g/mol. The molecule has 1 heterocycles. The van der Waals surface area contributed by atoms with Crippen molar-refractivity contribution >= 4 is 41.1 Å². The van der Waals surface area contributed by atoms with Crippen molar-refractivity contribution in [2.75, 3.05) is 55.2 Å². The van der Waals surface area contributed by atoms with Gasteiger partial charge in [-0.1, -0.05) is 53.7 Å². The van der Waals surface area contributed by atoms with Crippen molar-refractivity contribution in [1.82, 2.24) is 15.2 Å². The summed E-state index contributed by atoms with van der Waals surface area (Å²) < 4.78 is 38.8. The molecule has 4 rings (SSSR count). The number of phenolic OH excluding ortho intramolecular Hbond substituents is 1. The molecule has 0 saturated carbocycles. The molecule has 14 heteroatoms. The second-order valence-corrected chi connectivity index (χ2v) is 14.6. The molecule has 1 saturated heterocycles. The molecule has 11 nitrogen and oxygen atoms in total. The van der Waals surface area contributed by atoms with Crippen molar-refractivity contribution in [3.63, 3.8) is 0 Å². The van der Waals surface area contributed by atoms with E-state index in [0.29, 0.717) is 43.1 Å². The fourth-order valence-corrected chi connectivity index (χ4v) is 5.39. The SMILES string of the molecule is CC(C)(C)c1cc(/C=N/NC(=O)CN2CCN(CC(=O)Nc3ccc(NC(=O)Nc4cccc(C(F)(F)F)c4)cc3)CC2)c(O)c(C(C)(C)C)c1. The summed E-state index contributed by atoms with van der Waals surface area (Å²) in [5, 5.41) is 22.8. The van der Waals surface area contributed by atoms with Crippen LogP contribution in [0, 0.1) is 0 Å². The van der Waals surface area contributed by atoms with E-state index in [4.69, 9.17) is 0 Å². The summed E-state index contributed by atoms with van der Waals surface area (Å²) in [5.41, 5.74) is 4.54. The van der Waals surface area contributed by atoms with Crippen molar-refractivity contribution in [2.24, 2.45) is 5.10 Å². The van der Waals surface area contributed by atoms with E-state index in [1.54, 1.807) is 24.3 Å². The van der Waals surface area contributed by atoms with Gasteiger partial charge in [0.2, 0.25) is 5.91 Å². The molecule has 0 aromatic heterocycles. The van der Waals surface area contributed by atoms with Crippen LogP contribution in [-0.4, -0.2) is 78.2 Å². The molecular weight excluding hydrogens is 663 g/mol. The normalized spacial score (nSPS) is 14.7. The number of hydrogen-bond donors (Lipinski definition) is 5. The highest BCUT2D eigenvalue weighted by Crippen LogP contribution is 2.37. The van der Waals surface area contributed by atoms with Crippen LogP contribution in [-0.2, 0) is 26.6 Å². The average Bonchev–Trinajstić information content (AvgIpc) is 3.02. The van der Waals surface area contributed by atoms with E-state index in [1.165, 1.54) is 18.3 Å². The lowest BCUT2D eigenvalue weighted by atomic mass is 9.79. The summed E-state index contributed by atoms with van der Waals surface area (Å²) in [6, 6.07) is 13.8. The molecule has 0 spiro atoms. The van der Waals surface area contributed by atoms with Crippen LogP contribution in [0.1, 0.15) is 63.8 Å². The van der Waals surface area contributed by atoms with Crippen LogP contribution in [0.25, 0.3) is 0 Å². The van der Waals surface area contributed by atoms with Gasteiger partial charge >= 0.3 is 12.2 Å². The van der Waals surface area contributed by atoms with Crippen LogP contribution in [0.4, 0.5) is 35.0 Å². The van der Waals surface area contributed by atoms with Gasteiger partial charge in [-0.25, -0.2) is 10.2 Å². The molecule has 1 fully saturated rings. The lowest BCUT2D eigenvalue weighted by Crippen LogP contribution is -2.50. The Balaban J connectivity index is 1.19. The molecule has 0 atom stereocenters. The molecule has 0 unspecified atom stereocenters. The Bertz CT molecular complexity index is 1740. The number of phenols is 1. The monoisotopic (exact) mass is 709 g/mol. The Hall–Kier alpha value is -4.95. The number of anilines is 3. The third-order valence-corrected chi connectivity index (χ3v) is 8.28. The maximum atomic E-state index is 12.9. The predicted octanol–water partition coefficient (Wildman–Crippen LogP) is 6.36. The van der Waals surface area contributed by atoms with Gasteiger partial charge < -0.3 is 21.1 Å².